The van der Waals surface area contributed by atoms with Crippen molar-refractivity contribution in [2.45, 2.75) is 0 Å². The second-order valence-corrected chi connectivity index (χ2v) is 11.6. The first kappa shape index (κ1) is 19.5. The highest BCUT2D eigenvalue weighted by Crippen LogP contribution is 2.47. The first-order valence-corrected chi connectivity index (χ1v) is 13.9. The van der Waals surface area contributed by atoms with Crippen molar-refractivity contribution in [3.05, 3.63) is 103 Å². The van der Waals surface area contributed by atoms with Crippen LogP contribution >= 0.6 is 11.3 Å². The van der Waals surface area contributed by atoms with Gasteiger partial charge in [-0.15, -0.1) is 11.3 Å². The maximum absolute atomic E-state index is 2.59. The predicted molar refractivity (Wildman–Crippen MR) is 165 cm³/mol. The zero-order valence-electron chi connectivity index (χ0n) is 20.6. The molecule has 0 atom stereocenters. The Hall–Kier alpha value is -4.60. The number of hydrogen-bond donors (Lipinski definition) is 0. The summed E-state index contributed by atoms with van der Waals surface area (Å²) in [5, 5.41) is 13.3. The van der Waals surface area contributed by atoms with Gasteiger partial charge in [0.2, 0.25) is 0 Å². The number of hydrogen-bond acceptors (Lipinski definition) is 1. The number of fused-ring (bicyclic) bond motifs is 11. The fourth-order valence-corrected chi connectivity index (χ4v) is 8.52. The molecule has 0 amide bonds. The monoisotopic (exact) mass is 500 g/mol. The van der Waals surface area contributed by atoms with Crippen LogP contribution in [-0.2, 0) is 7.05 Å². The Balaban J connectivity index is 1.67. The Kier molecular flexibility index (Phi) is 3.31. The lowest BCUT2D eigenvalue weighted by atomic mass is 9.97. The Morgan fingerprint density at radius 1 is 0.500 bits per heavy atom. The van der Waals surface area contributed by atoms with Crippen LogP contribution in [0.3, 0.4) is 0 Å². The van der Waals surface area contributed by atoms with E-state index >= 15 is 0 Å². The van der Waals surface area contributed by atoms with Crippen molar-refractivity contribution < 1.29 is 0 Å². The minimum Gasteiger partial charge on any atom is -0.344 e. The van der Waals surface area contributed by atoms with E-state index in [1.54, 1.807) is 0 Å². The van der Waals surface area contributed by atoms with Crippen molar-refractivity contribution in [3.8, 4) is 0 Å². The first-order chi connectivity index (χ1) is 18.8. The molecule has 0 unspecified atom stereocenters. The predicted octanol–water partition coefficient (Wildman–Crippen LogP) is 10.0. The fraction of sp³-hybridized carbons (Fsp3) is 0.0286. The Morgan fingerprint density at radius 2 is 1.21 bits per heavy atom. The van der Waals surface area contributed by atoms with Crippen LogP contribution in [0.25, 0.3) is 90.8 Å². The third-order valence-electron chi connectivity index (χ3n) is 8.83. The van der Waals surface area contributed by atoms with Gasteiger partial charge in [0.1, 0.15) is 0 Å². The van der Waals surface area contributed by atoms with Crippen LogP contribution in [0.2, 0.25) is 0 Å². The summed E-state index contributed by atoms with van der Waals surface area (Å²) >= 11 is 1.92. The van der Waals surface area contributed by atoms with E-state index in [0.29, 0.717) is 0 Å². The molecule has 3 heteroatoms. The molecule has 0 fully saturated rings. The lowest BCUT2D eigenvalue weighted by molar-refractivity contribution is 1.02. The molecule has 0 saturated carbocycles. The lowest BCUT2D eigenvalue weighted by Crippen LogP contribution is -1.89. The van der Waals surface area contributed by atoms with Crippen LogP contribution < -0.4 is 0 Å². The van der Waals surface area contributed by atoms with Crippen molar-refractivity contribution in [1.82, 2.24) is 8.97 Å². The fourth-order valence-electron chi connectivity index (χ4n) is 7.28. The topological polar surface area (TPSA) is 9.34 Å². The summed E-state index contributed by atoms with van der Waals surface area (Å²) in [5.41, 5.74) is 6.49. The summed E-state index contributed by atoms with van der Waals surface area (Å²) < 4.78 is 7.69. The second-order valence-electron chi connectivity index (χ2n) is 10.6. The van der Waals surface area contributed by atoms with Crippen molar-refractivity contribution in [1.29, 1.82) is 0 Å². The molecule has 0 bridgehead atoms. The zero-order chi connectivity index (χ0) is 24.7. The summed E-state index contributed by atoms with van der Waals surface area (Å²) in [7, 11) is 2.22. The summed E-state index contributed by atoms with van der Waals surface area (Å²) in [6, 6.07) is 38.5. The number of aryl methyl sites for hydroxylation is 1. The summed E-state index contributed by atoms with van der Waals surface area (Å²) in [6.07, 6.45) is 0. The van der Waals surface area contributed by atoms with Crippen LogP contribution in [0, 0.1) is 0 Å². The molecule has 10 rings (SSSR count). The van der Waals surface area contributed by atoms with E-state index in [9.17, 15) is 0 Å². The van der Waals surface area contributed by atoms with Crippen molar-refractivity contribution in [3.63, 3.8) is 0 Å². The van der Waals surface area contributed by atoms with Crippen molar-refractivity contribution in [2.24, 2.45) is 7.05 Å². The molecule has 0 radical (unpaired) electrons. The normalized spacial score (nSPS) is 12.9. The third kappa shape index (κ3) is 2.07. The maximum atomic E-state index is 2.59. The summed E-state index contributed by atoms with van der Waals surface area (Å²) in [5.74, 6) is 0. The van der Waals surface area contributed by atoms with Gasteiger partial charge in [-0.05, 0) is 35.0 Å². The quantitative estimate of drug-likeness (QED) is 0.196. The highest BCUT2D eigenvalue weighted by Gasteiger charge is 2.23. The average molecular weight is 501 g/mol. The van der Waals surface area contributed by atoms with Crippen LogP contribution in [-0.4, -0.2) is 8.97 Å². The molecule has 6 aromatic carbocycles. The molecule has 0 aliphatic carbocycles. The molecule has 4 aromatic heterocycles. The molecule has 0 aliphatic heterocycles. The standard InChI is InChI=1S/C35H20N2S/c1-36-26-13-7-14-27-31(26)32-28(36)18-19-8-2-3-9-20(19)30(32)25-12-6-11-22-23-16-17-24-21-10-4-5-15-29(21)38-35(24)34(23)37(27)33(22)25/h2-18H,1H3. The summed E-state index contributed by atoms with van der Waals surface area (Å²) in [4.78, 5) is 0. The molecule has 2 nitrogen and oxygen atoms in total. The Bertz CT molecular complexity index is 2630. The molecule has 10 aromatic rings. The van der Waals surface area contributed by atoms with Gasteiger partial charge in [0.05, 0.1) is 32.3 Å². The van der Waals surface area contributed by atoms with Crippen LogP contribution in [0.15, 0.2) is 103 Å². The van der Waals surface area contributed by atoms with Gasteiger partial charge >= 0.3 is 0 Å². The van der Waals surface area contributed by atoms with Crippen molar-refractivity contribution >= 4 is 102 Å². The molecule has 38 heavy (non-hydrogen) atoms. The molecule has 0 spiro atoms. The van der Waals surface area contributed by atoms with Crippen LogP contribution in [0.5, 0.6) is 0 Å². The van der Waals surface area contributed by atoms with Gasteiger partial charge in [0, 0.05) is 54.8 Å². The molecule has 0 saturated heterocycles. The third-order valence-corrected chi connectivity index (χ3v) is 10.0. The number of benzene rings is 6. The molecular formula is C35H20N2S. The SMILES string of the molecule is Cn1c2cc3ccccc3c3c4cccc5c6ccc7c8ccccc8sc7c6n(c6cccc1c6c32)c54. The van der Waals surface area contributed by atoms with E-state index in [1.807, 2.05) is 11.3 Å². The minimum absolute atomic E-state index is 1.28. The number of thiophene rings is 1. The number of rotatable bonds is 0. The number of aromatic nitrogens is 2. The van der Waals surface area contributed by atoms with Crippen molar-refractivity contribution in [2.75, 3.05) is 0 Å². The van der Waals surface area contributed by atoms with Gasteiger partial charge in [0.15, 0.2) is 0 Å². The molecule has 0 aliphatic rings. The average Bonchev–Trinajstić information content (AvgIpc) is 3.57. The van der Waals surface area contributed by atoms with Gasteiger partial charge < -0.3 is 8.97 Å². The minimum atomic E-state index is 1.28. The van der Waals surface area contributed by atoms with Crippen LogP contribution in [0.1, 0.15) is 0 Å². The lowest BCUT2D eigenvalue weighted by Gasteiger charge is -2.07. The van der Waals surface area contributed by atoms with Gasteiger partial charge in [-0.2, -0.15) is 0 Å². The highest BCUT2D eigenvalue weighted by atomic mass is 32.1. The van der Waals surface area contributed by atoms with Gasteiger partial charge in [0.25, 0.3) is 0 Å². The maximum Gasteiger partial charge on any atom is 0.0720 e. The Labute approximate surface area is 220 Å². The number of para-hydroxylation sites is 1. The molecule has 4 heterocycles. The van der Waals surface area contributed by atoms with Gasteiger partial charge in [-0.1, -0.05) is 78.9 Å². The van der Waals surface area contributed by atoms with E-state index in [2.05, 4.69) is 119 Å². The highest BCUT2D eigenvalue weighted by molar-refractivity contribution is 7.26. The van der Waals surface area contributed by atoms with Crippen LogP contribution in [0.4, 0.5) is 0 Å². The molecule has 176 valence electrons. The largest absolute Gasteiger partial charge is 0.344 e. The van der Waals surface area contributed by atoms with Gasteiger partial charge in [-0.25, -0.2) is 0 Å². The zero-order valence-corrected chi connectivity index (χ0v) is 21.4. The van der Waals surface area contributed by atoms with E-state index in [4.69, 9.17) is 0 Å². The van der Waals surface area contributed by atoms with E-state index in [1.165, 1.54) is 90.8 Å². The molecule has 0 N–H and O–H groups in total. The number of nitrogens with zero attached hydrogens (tertiary/aromatic N) is 2. The smallest absolute Gasteiger partial charge is 0.0720 e. The summed E-state index contributed by atoms with van der Waals surface area (Å²) in [6.45, 7) is 0. The first-order valence-electron chi connectivity index (χ1n) is 13.1. The molecular weight excluding hydrogens is 480 g/mol. The van der Waals surface area contributed by atoms with E-state index in [0.717, 1.165) is 0 Å². The van der Waals surface area contributed by atoms with E-state index in [-0.39, 0.29) is 0 Å². The Morgan fingerprint density at radius 3 is 2.16 bits per heavy atom. The van der Waals surface area contributed by atoms with E-state index < -0.39 is 0 Å². The second kappa shape index (κ2) is 6.45. The van der Waals surface area contributed by atoms with Gasteiger partial charge in [-0.3, -0.25) is 0 Å².